The van der Waals surface area contributed by atoms with Crippen molar-refractivity contribution in [3.63, 3.8) is 0 Å². The monoisotopic (exact) mass is 377 g/mol. The molecular weight excluding hydrogens is 342 g/mol. The number of anilines is 1. The van der Waals surface area contributed by atoms with Gasteiger partial charge >= 0.3 is 0 Å². The molecule has 27 heavy (non-hydrogen) atoms. The van der Waals surface area contributed by atoms with E-state index in [1.807, 2.05) is 26.0 Å². The van der Waals surface area contributed by atoms with Crippen LogP contribution in [-0.2, 0) is 4.79 Å². The number of aliphatic hydroxyl groups is 1. The highest BCUT2D eigenvalue weighted by atomic mass is 16.3. The maximum Gasteiger partial charge on any atom is 0.227 e. The van der Waals surface area contributed by atoms with Gasteiger partial charge in [0.25, 0.3) is 0 Å². The van der Waals surface area contributed by atoms with Gasteiger partial charge in [-0.1, -0.05) is 19.9 Å². The first-order valence-electron chi connectivity index (χ1n) is 9.85. The predicted molar refractivity (Wildman–Crippen MR) is 111 cm³/mol. The summed E-state index contributed by atoms with van der Waals surface area (Å²) in [6.45, 7) is 10.2. The van der Waals surface area contributed by atoms with Gasteiger partial charge < -0.3 is 21.1 Å². The van der Waals surface area contributed by atoms with Crippen LogP contribution in [0.25, 0.3) is 0 Å². The average molecular weight is 378 g/mol. The first kappa shape index (κ1) is 22.9. The number of nitrogens with zero attached hydrogens (tertiary/aromatic N) is 2. The van der Waals surface area contributed by atoms with Crippen molar-refractivity contribution in [1.82, 2.24) is 15.6 Å². The lowest BCUT2D eigenvalue weighted by atomic mass is 9.79. The van der Waals surface area contributed by atoms with Crippen LogP contribution in [0.1, 0.15) is 52.1 Å². The van der Waals surface area contributed by atoms with Crippen LogP contribution in [0.5, 0.6) is 0 Å². The third kappa shape index (κ3) is 8.39. The van der Waals surface area contributed by atoms with Crippen molar-refractivity contribution >= 4 is 17.7 Å². The Morgan fingerprint density at radius 2 is 1.96 bits per heavy atom. The Balaban J connectivity index is 2.55. The van der Waals surface area contributed by atoms with Crippen molar-refractivity contribution in [3.8, 4) is 0 Å². The number of aryl methyl sites for hydroxylation is 1. The Bertz CT molecular complexity index is 600. The quantitative estimate of drug-likeness (QED) is 0.351. The van der Waals surface area contributed by atoms with Gasteiger partial charge in [0, 0.05) is 38.4 Å². The minimum atomic E-state index is -0.0896. The third-order valence-electron chi connectivity index (χ3n) is 4.86. The molecule has 0 bridgehead atoms. The summed E-state index contributed by atoms with van der Waals surface area (Å²) in [5, 5.41) is 18.6. The van der Waals surface area contributed by atoms with E-state index in [0.29, 0.717) is 31.3 Å². The topological polar surface area (TPSA) is 98.6 Å². The molecule has 0 unspecified atom stereocenters. The van der Waals surface area contributed by atoms with E-state index in [0.717, 1.165) is 31.5 Å². The van der Waals surface area contributed by atoms with Gasteiger partial charge in [-0.2, -0.15) is 0 Å². The van der Waals surface area contributed by atoms with Gasteiger partial charge in [-0.05, 0) is 50.7 Å². The predicted octanol–water partition coefficient (Wildman–Crippen LogP) is 2.46. The molecular formula is C20H35N5O2. The molecule has 0 aliphatic rings. The van der Waals surface area contributed by atoms with E-state index < -0.39 is 0 Å². The number of hydrogen-bond donors (Lipinski definition) is 4. The van der Waals surface area contributed by atoms with Crippen LogP contribution in [0.15, 0.2) is 23.2 Å². The molecule has 0 saturated carbocycles. The van der Waals surface area contributed by atoms with Crippen molar-refractivity contribution in [2.45, 2.75) is 53.4 Å². The fraction of sp³-hybridized carbons (Fsp3) is 0.650. The normalized spacial score (nSPS) is 12.0. The molecule has 0 spiro atoms. The lowest BCUT2D eigenvalue weighted by Gasteiger charge is -2.29. The second kappa shape index (κ2) is 12.3. The maximum absolute atomic E-state index is 12.1. The molecule has 0 aliphatic heterocycles. The molecule has 4 N–H and O–H groups in total. The maximum atomic E-state index is 12.1. The third-order valence-corrected chi connectivity index (χ3v) is 4.86. The molecule has 1 aromatic rings. The Morgan fingerprint density at radius 3 is 2.56 bits per heavy atom. The lowest BCUT2D eigenvalue weighted by molar-refractivity contribution is -0.116. The molecule has 0 saturated heterocycles. The van der Waals surface area contributed by atoms with Crippen LogP contribution < -0.4 is 16.0 Å². The first-order valence-corrected chi connectivity index (χ1v) is 9.85. The first-order chi connectivity index (χ1) is 13.0. The number of carbonyl (C=O) groups is 1. The molecule has 0 aliphatic carbocycles. The number of carbonyl (C=O) groups excluding carboxylic acids is 1. The fourth-order valence-corrected chi connectivity index (χ4v) is 2.84. The van der Waals surface area contributed by atoms with Crippen molar-refractivity contribution in [1.29, 1.82) is 0 Å². The van der Waals surface area contributed by atoms with E-state index in [1.54, 1.807) is 6.07 Å². The molecule has 0 radical (unpaired) electrons. The highest BCUT2D eigenvalue weighted by Crippen LogP contribution is 2.30. The van der Waals surface area contributed by atoms with Crippen LogP contribution in [0, 0.1) is 12.3 Å². The minimum Gasteiger partial charge on any atom is -0.396 e. The number of pyridine rings is 1. The van der Waals surface area contributed by atoms with E-state index in [9.17, 15) is 9.90 Å². The summed E-state index contributed by atoms with van der Waals surface area (Å²) >= 11 is 0. The lowest BCUT2D eigenvalue weighted by Crippen LogP contribution is -2.40. The Labute approximate surface area is 163 Å². The number of nitrogens with one attached hydrogen (secondary N) is 3. The highest BCUT2D eigenvalue weighted by Gasteiger charge is 2.25. The van der Waals surface area contributed by atoms with Gasteiger partial charge in [0.05, 0.1) is 0 Å². The second-order valence-corrected chi connectivity index (χ2v) is 6.77. The fourth-order valence-electron chi connectivity index (χ4n) is 2.84. The van der Waals surface area contributed by atoms with Gasteiger partial charge in [-0.3, -0.25) is 9.79 Å². The Hall–Kier alpha value is -2.15. The number of hydrogen-bond acceptors (Lipinski definition) is 4. The molecule has 7 nitrogen and oxygen atoms in total. The van der Waals surface area contributed by atoms with Crippen molar-refractivity contribution in [3.05, 3.63) is 23.9 Å². The van der Waals surface area contributed by atoms with Gasteiger partial charge in [-0.15, -0.1) is 0 Å². The Kier molecular flexibility index (Phi) is 10.4. The zero-order valence-electron chi connectivity index (χ0n) is 17.1. The molecule has 1 heterocycles. The molecule has 0 aromatic carbocycles. The van der Waals surface area contributed by atoms with E-state index in [1.165, 1.54) is 0 Å². The largest absolute Gasteiger partial charge is 0.396 e. The van der Waals surface area contributed by atoms with Crippen molar-refractivity contribution in [2.75, 3.05) is 31.6 Å². The van der Waals surface area contributed by atoms with Gasteiger partial charge in [-0.25, -0.2) is 4.98 Å². The van der Waals surface area contributed by atoms with Crippen LogP contribution in [0.3, 0.4) is 0 Å². The van der Waals surface area contributed by atoms with E-state index in [4.69, 9.17) is 0 Å². The number of rotatable bonds is 11. The summed E-state index contributed by atoms with van der Waals surface area (Å²) < 4.78 is 0. The summed E-state index contributed by atoms with van der Waals surface area (Å²) in [5.74, 6) is 1.18. The zero-order valence-corrected chi connectivity index (χ0v) is 17.1. The second-order valence-electron chi connectivity index (χ2n) is 6.77. The molecule has 1 rings (SSSR count). The van der Waals surface area contributed by atoms with Crippen LogP contribution in [0.4, 0.5) is 5.82 Å². The molecule has 7 heteroatoms. The standard InChI is InChI=1S/C20H35N5O2/c1-5-20(6-2,12-14-26)15-23-19(21-7-3)22-13-11-18(27)25-17-10-8-9-16(4)24-17/h8-10,26H,5-7,11-15H2,1-4H3,(H2,21,22,23)(H,24,25,27). The average Bonchev–Trinajstić information content (AvgIpc) is 2.65. The van der Waals surface area contributed by atoms with Gasteiger partial charge in [0.15, 0.2) is 5.96 Å². The van der Waals surface area contributed by atoms with Gasteiger partial charge in [0.1, 0.15) is 5.82 Å². The molecule has 1 aromatic heterocycles. The van der Waals surface area contributed by atoms with Crippen molar-refractivity contribution < 1.29 is 9.90 Å². The molecule has 152 valence electrons. The summed E-state index contributed by atoms with van der Waals surface area (Å²) in [6, 6.07) is 5.53. The zero-order chi connectivity index (χ0) is 20.1. The van der Waals surface area contributed by atoms with Gasteiger partial charge in [0.2, 0.25) is 5.91 Å². The molecule has 1 amide bonds. The van der Waals surface area contributed by atoms with Crippen LogP contribution in [0.2, 0.25) is 0 Å². The summed E-state index contributed by atoms with van der Waals surface area (Å²) in [5.41, 5.74) is 0.886. The summed E-state index contributed by atoms with van der Waals surface area (Å²) in [7, 11) is 0. The number of aromatic nitrogens is 1. The minimum absolute atomic E-state index is 0.0192. The number of amides is 1. The van der Waals surface area contributed by atoms with E-state index >= 15 is 0 Å². The molecule has 0 fully saturated rings. The summed E-state index contributed by atoms with van der Waals surface area (Å²) in [6.07, 6.45) is 3.01. The van der Waals surface area contributed by atoms with E-state index in [-0.39, 0.29) is 17.9 Å². The number of aliphatic imine (C=N–C) groups is 1. The SMILES string of the molecule is CCNC(=NCC(CC)(CC)CCO)NCCC(=O)Nc1cccc(C)n1. The smallest absolute Gasteiger partial charge is 0.227 e. The van der Waals surface area contributed by atoms with E-state index in [2.05, 4.69) is 39.8 Å². The molecule has 0 atom stereocenters. The van der Waals surface area contributed by atoms with Crippen LogP contribution >= 0.6 is 0 Å². The highest BCUT2D eigenvalue weighted by molar-refractivity contribution is 5.90. The Morgan fingerprint density at radius 1 is 1.22 bits per heavy atom. The van der Waals surface area contributed by atoms with Crippen LogP contribution in [-0.4, -0.2) is 48.2 Å². The number of guanidine groups is 1. The van der Waals surface area contributed by atoms with Crippen molar-refractivity contribution in [2.24, 2.45) is 10.4 Å². The number of aliphatic hydroxyl groups excluding tert-OH is 1. The summed E-state index contributed by atoms with van der Waals surface area (Å²) in [4.78, 5) is 21.0.